The van der Waals surface area contributed by atoms with Crippen LogP contribution < -0.4 is 12.3 Å². The third-order valence-electron chi connectivity index (χ3n) is 0.408. The monoisotopic (exact) mass is 206 g/mol. The second-order valence-corrected chi connectivity index (χ2v) is 2.01. The van der Waals surface area contributed by atoms with Crippen molar-refractivity contribution in [3.05, 3.63) is 0 Å². The first-order valence-corrected chi connectivity index (χ1v) is 3.99. The third kappa shape index (κ3) is 244. The molecule has 7 nitrogen and oxygen atoms in total. The fourth-order valence-electron chi connectivity index (χ4n) is 0.204. The molecule has 0 unspecified atom stereocenters. The van der Waals surface area contributed by atoms with Crippen molar-refractivity contribution in [1.29, 1.82) is 0 Å². The third-order valence-corrected chi connectivity index (χ3v) is 0.408. The normalized spacial score (nSPS) is 8.33. The van der Waals surface area contributed by atoms with Crippen molar-refractivity contribution in [3.63, 3.8) is 0 Å². The number of ether oxygens (including phenoxy) is 1. The van der Waals surface area contributed by atoms with Gasteiger partial charge in [0.05, 0.1) is 0 Å². The lowest BCUT2D eigenvalue weighted by atomic mass is 10.8. The second kappa shape index (κ2) is 13.3. The van der Waals surface area contributed by atoms with E-state index in [1.807, 2.05) is 13.8 Å². The Morgan fingerprint density at radius 2 is 1.25 bits per heavy atom. The van der Waals surface area contributed by atoms with Gasteiger partial charge in [0, 0.05) is 23.6 Å². The molecule has 12 heavy (non-hydrogen) atoms. The van der Waals surface area contributed by atoms with Crippen LogP contribution in [-0.2, 0) is 15.1 Å². The highest BCUT2D eigenvalue weighted by molar-refractivity contribution is 7.79. The van der Waals surface area contributed by atoms with E-state index in [4.69, 9.17) is 22.3 Å². The Morgan fingerprint density at radius 1 is 1.08 bits per heavy atom. The zero-order valence-electron chi connectivity index (χ0n) is 7.86. The summed E-state index contributed by atoms with van der Waals surface area (Å²) < 4.78 is 38.9. The summed E-state index contributed by atoms with van der Waals surface area (Å²) in [6.07, 6.45) is 0. The summed E-state index contributed by atoms with van der Waals surface area (Å²) in [4.78, 5) is 0. The molecular formula is C4H18N2O5S. The van der Waals surface area contributed by atoms with Gasteiger partial charge >= 0.3 is 0 Å². The van der Waals surface area contributed by atoms with Gasteiger partial charge in [0.1, 0.15) is 0 Å². The van der Waals surface area contributed by atoms with Crippen molar-refractivity contribution < 1.29 is 22.3 Å². The molecule has 0 fully saturated rings. The van der Waals surface area contributed by atoms with Crippen LogP contribution in [0.1, 0.15) is 13.8 Å². The lowest BCUT2D eigenvalue weighted by Gasteiger charge is -2.06. The van der Waals surface area contributed by atoms with Gasteiger partial charge in [-0.1, -0.05) is 0 Å². The fraction of sp³-hybridized carbons (Fsp3) is 1.00. The van der Waals surface area contributed by atoms with Crippen LogP contribution in [0.25, 0.3) is 0 Å². The SMILES string of the molecule is CCOCC.O=S(=O)([O-])[O-].[NH4+].[NH4+]. The zero-order valence-corrected chi connectivity index (χ0v) is 8.68. The Hall–Kier alpha value is -0.250. The molecule has 8 N–H and O–H groups in total. The van der Waals surface area contributed by atoms with E-state index in [9.17, 15) is 0 Å². The van der Waals surface area contributed by atoms with Crippen LogP contribution in [0.5, 0.6) is 0 Å². The average molecular weight is 206 g/mol. The van der Waals surface area contributed by atoms with Gasteiger partial charge in [-0.15, -0.1) is 0 Å². The quantitative estimate of drug-likeness (QED) is 0.494. The summed E-state index contributed by atoms with van der Waals surface area (Å²) in [5.74, 6) is 0. The molecule has 0 aromatic heterocycles. The van der Waals surface area contributed by atoms with Crippen molar-refractivity contribution >= 4 is 10.4 Å². The molecule has 0 aliphatic carbocycles. The predicted molar refractivity (Wildman–Crippen MR) is 44.6 cm³/mol. The predicted octanol–water partition coefficient (Wildman–Crippen LogP) is 0.457. The average Bonchev–Trinajstić information content (AvgIpc) is 1.63. The van der Waals surface area contributed by atoms with Crippen LogP contribution in [0, 0.1) is 0 Å². The molecule has 0 aliphatic rings. The van der Waals surface area contributed by atoms with Crippen LogP contribution in [0.4, 0.5) is 0 Å². The van der Waals surface area contributed by atoms with E-state index in [0.29, 0.717) is 0 Å². The maximum absolute atomic E-state index is 8.52. The van der Waals surface area contributed by atoms with Gasteiger partial charge in [0.25, 0.3) is 0 Å². The van der Waals surface area contributed by atoms with E-state index in [1.165, 1.54) is 0 Å². The summed E-state index contributed by atoms with van der Waals surface area (Å²) in [5.41, 5.74) is 0. The molecule has 0 spiro atoms. The van der Waals surface area contributed by atoms with E-state index in [1.54, 1.807) is 0 Å². The van der Waals surface area contributed by atoms with Crippen LogP contribution in [0.2, 0.25) is 0 Å². The first kappa shape index (κ1) is 22.6. The maximum Gasteiger partial charge on any atom is 0.0437 e. The Bertz CT molecular complexity index is 136. The number of quaternary nitrogens is 2. The Balaban J connectivity index is -0.0000000457. The molecule has 0 bridgehead atoms. The lowest BCUT2D eigenvalue weighted by Crippen LogP contribution is -1.91. The van der Waals surface area contributed by atoms with E-state index in [0.717, 1.165) is 13.2 Å². The molecule has 0 aromatic carbocycles. The van der Waals surface area contributed by atoms with Crippen LogP contribution in [-0.4, -0.2) is 30.7 Å². The Kier molecular flexibility index (Phi) is 25.1. The Labute approximate surface area is 72.9 Å². The van der Waals surface area contributed by atoms with Gasteiger partial charge in [0.2, 0.25) is 0 Å². The largest absolute Gasteiger partial charge is 0.759 e. The van der Waals surface area contributed by atoms with Crippen LogP contribution in [0.15, 0.2) is 0 Å². The van der Waals surface area contributed by atoms with Gasteiger partial charge in [-0.25, -0.2) is 0 Å². The molecule has 0 saturated carbocycles. The summed E-state index contributed by atoms with van der Waals surface area (Å²) >= 11 is 0. The lowest BCUT2D eigenvalue weighted by molar-refractivity contribution is 0.162. The highest BCUT2D eigenvalue weighted by Gasteiger charge is 1.64. The molecule has 80 valence electrons. The Morgan fingerprint density at radius 3 is 1.25 bits per heavy atom. The minimum absolute atomic E-state index is 0. The van der Waals surface area contributed by atoms with Gasteiger partial charge in [-0.3, -0.25) is 8.42 Å². The first-order chi connectivity index (χ1) is 4.41. The second-order valence-electron chi connectivity index (χ2n) is 1.19. The topological polar surface area (TPSA) is 162 Å². The van der Waals surface area contributed by atoms with Gasteiger partial charge in [-0.2, -0.15) is 0 Å². The zero-order chi connectivity index (χ0) is 8.62. The molecule has 0 amide bonds. The van der Waals surface area contributed by atoms with E-state index in [2.05, 4.69) is 0 Å². The molecule has 0 heterocycles. The van der Waals surface area contributed by atoms with Gasteiger partial charge in [0.15, 0.2) is 0 Å². The summed E-state index contributed by atoms with van der Waals surface area (Å²) in [6, 6.07) is 0. The first-order valence-electron chi connectivity index (χ1n) is 2.66. The number of hydrogen-bond acceptors (Lipinski definition) is 5. The molecule has 8 heteroatoms. The highest BCUT2D eigenvalue weighted by Crippen LogP contribution is 1.64. The smallest absolute Gasteiger partial charge is 0.0437 e. The minimum Gasteiger partial charge on any atom is -0.759 e. The number of rotatable bonds is 2. The number of hydrogen-bond donors (Lipinski definition) is 2. The van der Waals surface area contributed by atoms with Gasteiger partial charge < -0.3 is 26.1 Å². The molecule has 0 rings (SSSR count). The molecule has 0 atom stereocenters. The van der Waals surface area contributed by atoms with Crippen molar-refractivity contribution in [2.75, 3.05) is 13.2 Å². The van der Waals surface area contributed by atoms with Crippen molar-refractivity contribution in [2.24, 2.45) is 0 Å². The van der Waals surface area contributed by atoms with E-state index < -0.39 is 10.4 Å². The fourth-order valence-corrected chi connectivity index (χ4v) is 0.204. The molecule has 0 aliphatic heterocycles. The van der Waals surface area contributed by atoms with E-state index in [-0.39, 0.29) is 12.3 Å². The van der Waals surface area contributed by atoms with Crippen LogP contribution >= 0.6 is 0 Å². The van der Waals surface area contributed by atoms with Gasteiger partial charge in [-0.05, 0) is 13.8 Å². The van der Waals surface area contributed by atoms with E-state index >= 15 is 0 Å². The molecular weight excluding hydrogens is 188 g/mol. The standard InChI is InChI=1S/C4H10O.2H3N.H2O4S/c1-3-5-4-2;;;1-5(2,3)4/h3-4H2,1-2H3;2*1H3;(H2,1,2,3,4). The summed E-state index contributed by atoms with van der Waals surface area (Å²) in [5, 5.41) is 0. The molecule has 0 radical (unpaired) electrons. The highest BCUT2D eigenvalue weighted by atomic mass is 32.3. The maximum atomic E-state index is 8.52. The van der Waals surface area contributed by atoms with Crippen LogP contribution in [0.3, 0.4) is 0 Å². The van der Waals surface area contributed by atoms with Crippen molar-refractivity contribution in [1.82, 2.24) is 12.3 Å². The van der Waals surface area contributed by atoms with Crippen molar-refractivity contribution in [2.45, 2.75) is 13.8 Å². The molecule has 0 saturated heterocycles. The van der Waals surface area contributed by atoms with Crippen molar-refractivity contribution in [3.8, 4) is 0 Å². The summed E-state index contributed by atoms with van der Waals surface area (Å²) in [6.45, 7) is 5.67. The minimum atomic E-state index is -5.17. The molecule has 0 aromatic rings. The summed E-state index contributed by atoms with van der Waals surface area (Å²) in [7, 11) is -5.17.